The molecule has 2 atom stereocenters. The van der Waals surface area contributed by atoms with Crippen molar-refractivity contribution in [3.8, 4) is 0 Å². The Balaban J connectivity index is 2.34. The van der Waals surface area contributed by atoms with Crippen molar-refractivity contribution < 1.29 is 27.8 Å². The molecule has 2 heterocycles. The maximum atomic E-state index is 12.6. The normalized spacial score (nSPS) is 22.7. The molecular weight excluding hydrogens is 323 g/mol. The summed E-state index contributed by atoms with van der Waals surface area (Å²) in [6.45, 7) is -1.30. The van der Waals surface area contributed by atoms with Crippen LogP contribution in [0.5, 0.6) is 0 Å². The molecule has 1 aliphatic rings. The highest BCUT2D eigenvalue weighted by Crippen LogP contribution is 2.24. The van der Waals surface area contributed by atoms with Gasteiger partial charge in [0.15, 0.2) is 6.23 Å². The number of nitrogens with one attached hydrogen (secondary N) is 1. The molecule has 2 rings (SSSR count). The first-order valence-electron chi connectivity index (χ1n) is 6.66. The van der Waals surface area contributed by atoms with Gasteiger partial charge in [0.25, 0.3) is 5.56 Å². The fraction of sp³-hybridized carbons (Fsp3) is 0.583. The molecule has 0 saturated carbocycles. The van der Waals surface area contributed by atoms with Gasteiger partial charge in [-0.1, -0.05) is 0 Å². The molecule has 1 aliphatic heterocycles. The molecule has 1 aromatic rings. The van der Waals surface area contributed by atoms with E-state index in [-0.39, 0.29) is 13.0 Å². The van der Waals surface area contributed by atoms with Crippen LogP contribution in [0.25, 0.3) is 0 Å². The van der Waals surface area contributed by atoms with Gasteiger partial charge >= 0.3 is 17.8 Å². The standard InChI is InChI=1S/C12H14F3N3O5/c13-12(14,15)10(21)17-3-1-7(6-19)23-9(5-17)18-4-2-8(20)16-11(18)22/h2,4,7,9,19H,1,3,5-6H2,(H,16,20,22). The minimum Gasteiger partial charge on any atom is -0.394 e. The molecule has 1 saturated heterocycles. The largest absolute Gasteiger partial charge is 0.471 e. The topological polar surface area (TPSA) is 105 Å². The number of carbonyl (C=O) groups excluding carboxylic acids is 1. The summed E-state index contributed by atoms with van der Waals surface area (Å²) in [6.07, 6.45) is -6.12. The third kappa shape index (κ3) is 3.99. The van der Waals surface area contributed by atoms with Crippen LogP contribution >= 0.6 is 0 Å². The van der Waals surface area contributed by atoms with E-state index in [0.29, 0.717) is 4.90 Å². The summed E-state index contributed by atoms with van der Waals surface area (Å²) in [5, 5.41) is 9.18. The van der Waals surface area contributed by atoms with Crippen LogP contribution in [-0.2, 0) is 9.53 Å². The fourth-order valence-corrected chi connectivity index (χ4v) is 2.22. The first-order valence-corrected chi connectivity index (χ1v) is 6.66. The number of aromatic nitrogens is 2. The van der Waals surface area contributed by atoms with Crippen molar-refractivity contribution in [1.29, 1.82) is 0 Å². The summed E-state index contributed by atoms with van der Waals surface area (Å²) in [7, 11) is 0. The van der Waals surface area contributed by atoms with Crippen LogP contribution in [0.1, 0.15) is 12.6 Å². The second kappa shape index (κ2) is 6.54. The number of H-pyrrole nitrogens is 1. The highest BCUT2D eigenvalue weighted by atomic mass is 19.4. The highest BCUT2D eigenvalue weighted by Gasteiger charge is 2.44. The molecule has 128 valence electrons. The van der Waals surface area contributed by atoms with Gasteiger partial charge < -0.3 is 14.7 Å². The fourth-order valence-electron chi connectivity index (χ4n) is 2.22. The van der Waals surface area contributed by atoms with E-state index in [2.05, 4.69) is 0 Å². The van der Waals surface area contributed by atoms with Gasteiger partial charge in [-0.3, -0.25) is 19.1 Å². The first-order chi connectivity index (χ1) is 10.7. The third-order valence-electron chi connectivity index (χ3n) is 3.34. The van der Waals surface area contributed by atoms with Gasteiger partial charge in [-0.2, -0.15) is 13.2 Å². The average Bonchev–Trinajstić information content (AvgIpc) is 2.68. The SMILES string of the molecule is O=C(N1CCC(CO)OC(n2ccc(=O)[nH]c2=O)C1)C(F)(F)F. The van der Waals surface area contributed by atoms with Crippen LogP contribution in [0.2, 0.25) is 0 Å². The number of aromatic amines is 1. The van der Waals surface area contributed by atoms with Crippen LogP contribution in [0, 0.1) is 0 Å². The molecule has 1 aromatic heterocycles. The molecule has 11 heteroatoms. The number of hydrogen-bond donors (Lipinski definition) is 2. The van der Waals surface area contributed by atoms with Crippen LogP contribution in [0.15, 0.2) is 21.9 Å². The van der Waals surface area contributed by atoms with E-state index in [4.69, 9.17) is 4.74 Å². The van der Waals surface area contributed by atoms with Gasteiger partial charge in [0.05, 0.1) is 19.3 Å². The molecule has 0 spiro atoms. The molecule has 0 bridgehead atoms. The van der Waals surface area contributed by atoms with Crippen molar-refractivity contribution in [1.82, 2.24) is 14.5 Å². The van der Waals surface area contributed by atoms with Crippen molar-refractivity contribution in [3.05, 3.63) is 33.1 Å². The van der Waals surface area contributed by atoms with Crippen LogP contribution in [0.3, 0.4) is 0 Å². The molecule has 0 aromatic carbocycles. The van der Waals surface area contributed by atoms with Gasteiger partial charge in [-0.15, -0.1) is 0 Å². The zero-order chi connectivity index (χ0) is 17.2. The number of rotatable bonds is 2. The van der Waals surface area contributed by atoms with Gasteiger partial charge in [0.1, 0.15) is 0 Å². The summed E-state index contributed by atoms with van der Waals surface area (Å²) >= 11 is 0. The number of halogens is 3. The lowest BCUT2D eigenvalue weighted by Crippen LogP contribution is -2.45. The summed E-state index contributed by atoms with van der Waals surface area (Å²) < 4.78 is 44.1. The maximum Gasteiger partial charge on any atom is 0.471 e. The van der Waals surface area contributed by atoms with Crippen molar-refractivity contribution in [2.75, 3.05) is 19.7 Å². The lowest BCUT2D eigenvalue weighted by Gasteiger charge is -2.25. The molecule has 2 unspecified atom stereocenters. The lowest BCUT2D eigenvalue weighted by molar-refractivity contribution is -0.186. The second-order valence-electron chi connectivity index (χ2n) is 4.95. The average molecular weight is 337 g/mol. The van der Waals surface area contributed by atoms with Crippen molar-refractivity contribution in [2.24, 2.45) is 0 Å². The molecule has 1 amide bonds. The van der Waals surface area contributed by atoms with Crippen molar-refractivity contribution >= 4 is 5.91 Å². The Labute approximate surface area is 127 Å². The van der Waals surface area contributed by atoms with E-state index in [1.54, 1.807) is 0 Å². The predicted molar refractivity (Wildman–Crippen MR) is 69.6 cm³/mol. The summed E-state index contributed by atoms with van der Waals surface area (Å²) in [6, 6.07) is 1.000. The van der Waals surface area contributed by atoms with Crippen molar-refractivity contribution in [2.45, 2.75) is 24.9 Å². The minimum absolute atomic E-state index is 0.0209. The Hall–Kier alpha value is -2.14. The first kappa shape index (κ1) is 17.2. The smallest absolute Gasteiger partial charge is 0.394 e. The molecule has 1 fully saturated rings. The zero-order valence-corrected chi connectivity index (χ0v) is 11.7. The Bertz CT molecular complexity index is 683. The molecule has 23 heavy (non-hydrogen) atoms. The monoisotopic (exact) mass is 337 g/mol. The number of hydrogen-bond acceptors (Lipinski definition) is 5. The number of aliphatic hydroxyl groups is 1. The Morgan fingerprint density at radius 1 is 1.43 bits per heavy atom. The van der Waals surface area contributed by atoms with E-state index < -0.39 is 48.8 Å². The van der Waals surface area contributed by atoms with Crippen LogP contribution in [0.4, 0.5) is 13.2 Å². The molecular formula is C12H14F3N3O5. The third-order valence-corrected chi connectivity index (χ3v) is 3.34. The molecule has 0 aliphatic carbocycles. The quantitative estimate of drug-likeness (QED) is 0.736. The molecule has 2 N–H and O–H groups in total. The van der Waals surface area contributed by atoms with Crippen LogP contribution < -0.4 is 11.2 Å². The maximum absolute atomic E-state index is 12.6. The predicted octanol–water partition coefficient (Wildman–Crippen LogP) is -0.793. The number of aliphatic hydroxyl groups excluding tert-OH is 1. The number of nitrogens with zero attached hydrogens (tertiary/aromatic N) is 2. The number of alkyl halides is 3. The molecule has 8 nitrogen and oxygen atoms in total. The summed E-state index contributed by atoms with van der Waals surface area (Å²) in [5.74, 6) is -2.05. The summed E-state index contributed by atoms with van der Waals surface area (Å²) in [4.78, 5) is 36.7. The van der Waals surface area contributed by atoms with E-state index in [1.807, 2.05) is 4.98 Å². The van der Waals surface area contributed by atoms with Gasteiger partial charge in [0.2, 0.25) is 0 Å². The Morgan fingerprint density at radius 3 is 2.70 bits per heavy atom. The Kier molecular flexibility index (Phi) is 4.90. The van der Waals surface area contributed by atoms with Gasteiger partial charge in [0, 0.05) is 18.8 Å². The number of carbonyl (C=O) groups is 1. The lowest BCUT2D eigenvalue weighted by atomic mass is 10.2. The van der Waals surface area contributed by atoms with Crippen LogP contribution in [-0.4, -0.2) is 57.4 Å². The highest BCUT2D eigenvalue weighted by molar-refractivity contribution is 5.81. The number of amides is 1. The van der Waals surface area contributed by atoms with E-state index in [0.717, 1.165) is 16.8 Å². The minimum atomic E-state index is -5.06. The Morgan fingerprint density at radius 2 is 2.13 bits per heavy atom. The number of ether oxygens (including phenoxy) is 1. The van der Waals surface area contributed by atoms with Crippen molar-refractivity contribution in [3.63, 3.8) is 0 Å². The van der Waals surface area contributed by atoms with E-state index in [1.165, 1.54) is 0 Å². The van der Waals surface area contributed by atoms with E-state index in [9.17, 15) is 32.7 Å². The zero-order valence-electron chi connectivity index (χ0n) is 11.7. The van der Waals surface area contributed by atoms with Gasteiger partial charge in [-0.05, 0) is 6.42 Å². The van der Waals surface area contributed by atoms with Gasteiger partial charge in [-0.25, -0.2) is 4.79 Å². The molecule has 0 radical (unpaired) electrons. The second-order valence-corrected chi connectivity index (χ2v) is 4.95. The van der Waals surface area contributed by atoms with E-state index >= 15 is 0 Å². The summed E-state index contributed by atoms with van der Waals surface area (Å²) in [5.41, 5.74) is -1.57.